The minimum Gasteiger partial charge on any atom is -0.360 e. The Morgan fingerprint density at radius 3 is 2.73 bits per heavy atom. The van der Waals surface area contributed by atoms with E-state index in [1.807, 2.05) is 6.92 Å². The van der Waals surface area contributed by atoms with Crippen molar-refractivity contribution in [2.75, 3.05) is 22.9 Å². The second kappa shape index (κ2) is 8.31. The molecule has 0 spiro atoms. The number of amides is 1. The highest BCUT2D eigenvalue weighted by Gasteiger charge is 2.35. The molecule has 0 saturated carbocycles. The summed E-state index contributed by atoms with van der Waals surface area (Å²) in [6.45, 7) is 2.53. The van der Waals surface area contributed by atoms with Crippen LogP contribution in [0.4, 0.5) is 29.7 Å². The van der Waals surface area contributed by atoms with Gasteiger partial charge in [-0.1, -0.05) is 23.1 Å². The molecule has 2 N–H and O–H groups in total. The zero-order valence-electron chi connectivity index (χ0n) is 13.2. The molecule has 0 radical (unpaired) electrons. The van der Waals surface area contributed by atoms with Crippen LogP contribution in [0.2, 0.25) is 0 Å². The lowest BCUT2D eigenvalue weighted by atomic mass is 10.1. The summed E-state index contributed by atoms with van der Waals surface area (Å²) in [5.74, 6) is -0.885. The molecule has 0 aliphatic carbocycles. The van der Waals surface area contributed by atoms with Gasteiger partial charge in [-0.3, -0.25) is 14.9 Å². The number of hydrogen-bond acceptors (Lipinski definition) is 8. The van der Waals surface area contributed by atoms with E-state index in [9.17, 15) is 28.1 Å². The van der Waals surface area contributed by atoms with Crippen LogP contribution in [-0.4, -0.2) is 33.3 Å². The third kappa shape index (κ3) is 5.29. The van der Waals surface area contributed by atoms with E-state index in [1.165, 1.54) is 11.3 Å². The van der Waals surface area contributed by atoms with Crippen LogP contribution in [0.1, 0.15) is 12.5 Å². The third-order valence-corrected chi connectivity index (χ3v) is 4.87. The number of nitrogens with one attached hydrogen (secondary N) is 2. The zero-order valence-corrected chi connectivity index (χ0v) is 14.8. The van der Waals surface area contributed by atoms with Crippen molar-refractivity contribution in [1.29, 1.82) is 0 Å². The largest absolute Gasteiger partial charge is 0.418 e. The number of nitrogens with zero attached hydrogens (tertiary/aromatic N) is 3. The number of carbonyl (C=O) groups excluding carboxylic acids is 1. The van der Waals surface area contributed by atoms with Gasteiger partial charge in [0.2, 0.25) is 11.0 Å². The van der Waals surface area contributed by atoms with E-state index in [0.29, 0.717) is 22.1 Å². The van der Waals surface area contributed by atoms with E-state index < -0.39 is 33.9 Å². The summed E-state index contributed by atoms with van der Waals surface area (Å²) >= 11 is 2.23. The Hall–Kier alpha value is -2.41. The highest BCUT2D eigenvalue weighted by molar-refractivity contribution is 8.01. The van der Waals surface area contributed by atoms with Crippen molar-refractivity contribution in [2.24, 2.45) is 0 Å². The van der Waals surface area contributed by atoms with E-state index in [2.05, 4.69) is 20.8 Å². The molecule has 0 saturated heterocycles. The summed E-state index contributed by atoms with van der Waals surface area (Å²) in [7, 11) is 0. The van der Waals surface area contributed by atoms with E-state index in [0.717, 1.165) is 23.9 Å². The highest BCUT2D eigenvalue weighted by atomic mass is 32.2. The van der Waals surface area contributed by atoms with Gasteiger partial charge in [-0.05, 0) is 13.0 Å². The van der Waals surface area contributed by atoms with E-state index in [-0.39, 0.29) is 5.75 Å². The van der Waals surface area contributed by atoms with Crippen molar-refractivity contribution in [3.63, 3.8) is 0 Å². The Morgan fingerprint density at radius 2 is 2.12 bits per heavy atom. The number of benzene rings is 1. The predicted molar refractivity (Wildman–Crippen MR) is 91.5 cm³/mol. The summed E-state index contributed by atoms with van der Waals surface area (Å²) in [6, 6.07) is 2.14. The average Bonchev–Trinajstić information content (AvgIpc) is 3.00. The van der Waals surface area contributed by atoms with Crippen molar-refractivity contribution in [2.45, 2.75) is 17.4 Å². The number of aromatic nitrogens is 2. The molecule has 1 aromatic heterocycles. The van der Waals surface area contributed by atoms with Crippen LogP contribution in [0.25, 0.3) is 0 Å². The number of rotatable bonds is 7. The van der Waals surface area contributed by atoms with Crippen molar-refractivity contribution in [3.8, 4) is 0 Å². The van der Waals surface area contributed by atoms with Crippen LogP contribution < -0.4 is 10.6 Å². The number of halogens is 3. The van der Waals surface area contributed by atoms with Gasteiger partial charge in [-0.15, -0.1) is 10.2 Å². The minimum absolute atomic E-state index is 0.185. The first-order chi connectivity index (χ1) is 12.2. The number of anilines is 2. The van der Waals surface area contributed by atoms with Gasteiger partial charge in [0, 0.05) is 18.7 Å². The fourth-order valence-corrected chi connectivity index (χ4v) is 3.41. The minimum atomic E-state index is -4.85. The first-order valence-corrected chi connectivity index (χ1v) is 8.86. The van der Waals surface area contributed by atoms with Gasteiger partial charge in [-0.2, -0.15) is 13.2 Å². The molecule has 13 heteroatoms. The summed E-state index contributed by atoms with van der Waals surface area (Å²) in [4.78, 5) is 21.6. The molecule has 1 heterocycles. The molecule has 1 amide bonds. The number of hydrogen-bond donors (Lipinski definition) is 2. The van der Waals surface area contributed by atoms with Crippen LogP contribution >= 0.6 is 23.1 Å². The maximum atomic E-state index is 13.1. The van der Waals surface area contributed by atoms with Gasteiger partial charge in [0.1, 0.15) is 0 Å². The molecular weight excluding hydrogens is 395 g/mol. The second-order valence-electron chi connectivity index (χ2n) is 4.73. The Labute approximate surface area is 153 Å². The molecular formula is C13H12F3N5O3S2. The topological polar surface area (TPSA) is 110 Å². The van der Waals surface area contributed by atoms with Gasteiger partial charge in [0.25, 0.3) is 5.69 Å². The lowest BCUT2D eigenvalue weighted by Crippen LogP contribution is -2.18. The van der Waals surface area contributed by atoms with E-state index in [4.69, 9.17) is 0 Å². The number of thioether (sulfide) groups is 1. The van der Waals surface area contributed by atoms with Gasteiger partial charge in [-0.25, -0.2) is 0 Å². The summed E-state index contributed by atoms with van der Waals surface area (Å²) < 4.78 is 39.7. The number of nitro groups is 1. The van der Waals surface area contributed by atoms with Crippen LogP contribution in [0.3, 0.4) is 0 Å². The van der Waals surface area contributed by atoms with Crippen molar-refractivity contribution >= 4 is 45.5 Å². The average molecular weight is 407 g/mol. The fourth-order valence-electron chi connectivity index (χ4n) is 1.79. The Balaban J connectivity index is 2.06. The smallest absolute Gasteiger partial charge is 0.360 e. The van der Waals surface area contributed by atoms with Crippen LogP contribution in [0.15, 0.2) is 22.5 Å². The predicted octanol–water partition coefficient (Wildman–Crippen LogP) is 3.63. The quantitative estimate of drug-likeness (QED) is 0.410. The van der Waals surface area contributed by atoms with Gasteiger partial charge in [0.05, 0.1) is 21.9 Å². The highest BCUT2D eigenvalue weighted by Crippen LogP contribution is 2.37. The molecule has 0 atom stereocenters. The van der Waals surface area contributed by atoms with Crippen LogP contribution in [0.5, 0.6) is 0 Å². The fraction of sp³-hybridized carbons (Fsp3) is 0.308. The van der Waals surface area contributed by atoms with E-state index in [1.54, 1.807) is 0 Å². The molecule has 26 heavy (non-hydrogen) atoms. The van der Waals surface area contributed by atoms with Crippen molar-refractivity contribution in [1.82, 2.24) is 10.2 Å². The Morgan fingerprint density at radius 1 is 1.38 bits per heavy atom. The number of carbonyl (C=O) groups is 1. The summed E-state index contributed by atoms with van der Waals surface area (Å²) in [5, 5.41) is 24.0. The molecule has 140 valence electrons. The van der Waals surface area contributed by atoms with Gasteiger partial charge in [0.15, 0.2) is 4.34 Å². The molecule has 2 aromatic rings. The molecule has 0 bridgehead atoms. The Kier molecular flexibility index (Phi) is 6.37. The summed E-state index contributed by atoms with van der Waals surface area (Å²) in [6.07, 6.45) is -4.85. The van der Waals surface area contributed by atoms with E-state index >= 15 is 0 Å². The number of nitro benzene ring substituents is 1. The zero-order chi connectivity index (χ0) is 19.3. The molecule has 0 aliphatic rings. The summed E-state index contributed by atoms with van der Waals surface area (Å²) in [5.41, 5.74) is -2.54. The molecule has 2 rings (SSSR count). The first kappa shape index (κ1) is 19.9. The Bertz CT molecular complexity index is 813. The number of alkyl halides is 3. The van der Waals surface area contributed by atoms with Gasteiger partial charge >= 0.3 is 6.18 Å². The SMILES string of the molecule is CCNc1nnc(SCC(=O)Nc2ccc([N+](=O)[O-])cc2C(F)(F)F)s1. The lowest BCUT2D eigenvalue weighted by Gasteiger charge is -2.13. The maximum Gasteiger partial charge on any atom is 0.418 e. The first-order valence-electron chi connectivity index (χ1n) is 7.06. The molecule has 0 unspecified atom stereocenters. The number of non-ortho nitro benzene ring substituents is 1. The standard InChI is InChI=1S/C13H12F3N5O3S2/c1-2-17-11-19-20-12(26-11)25-6-10(22)18-9-4-3-7(21(23)24)5-8(9)13(14,15)16/h3-5H,2,6H2,1H3,(H,17,19)(H,18,22). The third-order valence-electron chi connectivity index (χ3n) is 2.85. The van der Waals surface area contributed by atoms with Crippen molar-refractivity contribution in [3.05, 3.63) is 33.9 Å². The molecule has 0 aliphatic heterocycles. The lowest BCUT2D eigenvalue weighted by molar-refractivity contribution is -0.385. The molecule has 8 nitrogen and oxygen atoms in total. The molecule has 1 aromatic carbocycles. The van der Waals surface area contributed by atoms with Crippen LogP contribution in [0, 0.1) is 10.1 Å². The molecule has 0 fully saturated rings. The second-order valence-corrected chi connectivity index (χ2v) is 6.93. The van der Waals surface area contributed by atoms with Crippen LogP contribution in [-0.2, 0) is 11.0 Å². The maximum absolute atomic E-state index is 13.1. The monoisotopic (exact) mass is 407 g/mol. The normalized spacial score (nSPS) is 11.2. The van der Waals surface area contributed by atoms with Gasteiger partial charge < -0.3 is 10.6 Å². The van der Waals surface area contributed by atoms with Crippen molar-refractivity contribution < 1.29 is 22.9 Å².